The minimum Gasteiger partial charge on any atom is -0.446 e. The van der Waals surface area contributed by atoms with E-state index in [-0.39, 0.29) is 0 Å². The quantitative estimate of drug-likeness (QED) is 0.688. The molecule has 0 fully saturated rings. The second-order valence-corrected chi connectivity index (χ2v) is 4.69. The fourth-order valence-electron chi connectivity index (χ4n) is 1.29. The fraction of sp³-hybridized carbons (Fsp3) is 0. The van der Waals surface area contributed by atoms with Crippen LogP contribution in [0.5, 0.6) is 0 Å². The molecular formula is C10H4Br2N2O3. The number of nitrogens with zero attached hydrogens (tertiary/aromatic N) is 2. The Labute approximate surface area is 112 Å². The Morgan fingerprint density at radius 1 is 0.882 bits per heavy atom. The minimum absolute atomic E-state index is 0.304. The number of furan rings is 2. The van der Waals surface area contributed by atoms with E-state index in [1.54, 1.807) is 24.3 Å². The molecule has 0 bridgehead atoms. The van der Waals surface area contributed by atoms with E-state index in [2.05, 4.69) is 42.0 Å². The number of hydrogen-bond donors (Lipinski definition) is 0. The number of rotatable bonds is 2. The maximum atomic E-state index is 5.32. The summed E-state index contributed by atoms with van der Waals surface area (Å²) in [4.78, 5) is 4.17. The molecule has 0 saturated heterocycles. The predicted octanol–water partition coefficient (Wildman–Crippen LogP) is 4.11. The molecule has 3 aromatic heterocycles. The molecule has 3 rings (SSSR count). The van der Waals surface area contributed by atoms with Crippen molar-refractivity contribution in [2.24, 2.45) is 0 Å². The molecule has 3 aromatic rings. The molecule has 17 heavy (non-hydrogen) atoms. The van der Waals surface area contributed by atoms with E-state index >= 15 is 0 Å². The predicted molar refractivity (Wildman–Crippen MR) is 65.1 cm³/mol. The molecule has 3 heterocycles. The highest BCUT2D eigenvalue weighted by molar-refractivity contribution is 9.10. The van der Waals surface area contributed by atoms with Crippen molar-refractivity contribution in [3.05, 3.63) is 33.6 Å². The Balaban J connectivity index is 1.98. The lowest BCUT2D eigenvalue weighted by atomic mass is 10.4. The molecule has 0 saturated carbocycles. The zero-order valence-electron chi connectivity index (χ0n) is 8.18. The third-order valence-corrected chi connectivity index (χ3v) is 2.86. The monoisotopic (exact) mass is 358 g/mol. The second-order valence-electron chi connectivity index (χ2n) is 3.13. The molecule has 0 radical (unpaired) electrons. The molecule has 0 aliphatic carbocycles. The van der Waals surface area contributed by atoms with Crippen LogP contribution in [0.3, 0.4) is 0 Å². The highest BCUT2D eigenvalue weighted by Crippen LogP contribution is 2.27. The van der Waals surface area contributed by atoms with E-state index in [1.807, 2.05) is 0 Å². The van der Waals surface area contributed by atoms with Gasteiger partial charge in [-0.15, -0.1) is 0 Å². The van der Waals surface area contributed by atoms with Gasteiger partial charge in [0.1, 0.15) is 0 Å². The highest BCUT2D eigenvalue weighted by atomic mass is 79.9. The van der Waals surface area contributed by atoms with Crippen molar-refractivity contribution in [1.82, 2.24) is 10.1 Å². The van der Waals surface area contributed by atoms with E-state index in [9.17, 15) is 0 Å². The normalized spacial score (nSPS) is 10.9. The van der Waals surface area contributed by atoms with Crippen LogP contribution < -0.4 is 0 Å². The second kappa shape index (κ2) is 4.15. The number of hydrogen-bond acceptors (Lipinski definition) is 5. The van der Waals surface area contributed by atoms with E-state index < -0.39 is 0 Å². The summed E-state index contributed by atoms with van der Waals surface area (Å²) in [6.45, 7) is 0. The molecule has 5 nitrogen and oxygen atoms in total. The molecule has 0 unspecified atom stereocenters. The van der Waals surface area contributed by atoms with Gasteiger partial charge in [-0.1, -0.05) is 5.16 Å². The van der Waals surface area contributed by atoms with Crippen LogP contribution in [-0.2, 0) is 0 Å². The van der Waals surface area contributed by atoms with Crippen LogP contribution in [0.25, 0.3) is 23.2 Å². The summed E-state index contributed by atoms with van der Waals surface area (Å²) in [6, 6.07) is 6.99. The minimum atomic E-state index is 0.304. The molecule has 0 aliphatic rings. The maximum Gasteiger partial charge on any atom is 0.294 e. The SMILES string of the molecule is Brc1ccc(-c2noc(-c3ccc(Br)o3)n2)o1. The van der Waals surface area contributed by atoms with Crippen LogP contribution in [0.4, 0.5) is 0 Å². The summed E-state index contributed by atoms with van der Waals surface area (Å²) < 4.78 is 16.9. The number of aromatic nitrogens is 2. The lowest BCUT2D eigenvalue weighted by molar-refractivity contribution is 0.412. The van der Waals surface area contributed by atoms with Crippen LogP contribution in [0.1, 0.15) is 0 Å². The third-order valence-electron chi connectivity index (χ3n) is 2.00. The van der Waals surface area contributed by atoms with E-state index in [4.69, 9.17) is 13.4 Å². The largest absolute Gasteiger partial charge is 0.446 e. The summed E-state index contributed by atoms with van der Waals surface area (Å²) in [7, 11) is 0. The van der Waals surface area contributed by atoms with Crippen molar-refractivity contribution in [2.45, 2.75) is 0 Å². The first kappa shape index (κ1) is 10.8. The fourth-order valence-corrected chi connectivity index (χ4v) is 1.90. The maximum absolute atomic E-state index is 5.32. The van der Waals surface area contributed by atoms with Gasteiger partial charge in [0, 0.05) is 0 Å². The van der Waals surface area contributed by atoms with Gasteiger partial charge in [-0.2, -0.15) is 4.98 Å². The third kappa shape index (κ3) is 2.07. The van der Waals surface area contributed by atoms with Gasteiger partial charge in [0.25, 0.3) is 5.89 Å². The summed E-state index contributed by atoms with van der Waals surface area (Å²) >= 11 is 6.41. The van der Waals surface area contributed by atoms with E-state index in [1.165, 1.54) is 0 Å². The standard InChI is InChI=1S/C10H4Br2N2O3/c11-7-3-1-5(15-7)9-13-10(17-14-9)6-2-4-8(12)16-6/h1-4H. The molecule has 0 aliphatic heterocycles. The zero-order chi connectivity index (χ0) is 11.8. The Morgan fingerprint density at radius 2 is 1.53 bits per heavy atom. The summed E-state index contributed by atoms with van der Waals surface area (Å²) in [6.07, 6.45) is 0. The molecule has 0 amide bonds. The Bertz CT molecular complexity index is 601. The Hall–Kier alpha value is -1.34. The van der Waals surface area contributed by atoms with Crippen LogP contribution in [0.2, 0.25) is 0 Å². The van der Waals surface area contributed by atoms with Gasteiger partial charge in [0.05, 0.1) is 0 Å². The Morgan fingerprint density at radius 3 is 2.12 bits per heavy atom. The molecule has 0 aromatic carbocycles. The summed E-state index contributed by atoms with van der Waals surface area (Å²) in [5, 5.41) is 3.81. The lowest BCUT2D eigenvalue weighted by Gasteiger charge is -1.84. The Kier molecular flexibility index (Phi) is 2.64. The summed E-state index contributed by atoms with van der Waals surface area (Å²) in [5.41, 5.74) is 0. The van der Waals surface area contributed by atoms with Crippen molar-refractivity contribution < 1.29 is 13.4 Å². The molecule has 0 N–H and O–H groups in total. The van der Waals surface area contributed by atoms with Crippen LogP contribution in [0.15, 0.2) is 47.0 Å². The van der Waals surface area contributed by atoms with Gasteiger partial charge < -0.3 is 13.4 Å². The molecular weight excluding hydrogens is 356 g/mol. The molecule has 0 spiro atoms. The molecule has 0 atom stereocenters. The first-order valence-corrected chi connectivity index (χ1v) is 6.16. The smallest absolute Gasteiger partial charge is 0.294 e. The van der Waals surface area contributed by atoms with E-state index in [0.29, 0.717) is 32.6 Å². The van der Waals surface area contributed by atoms with Gasteiger partial charge in [-0.25, -0.2) is 0 Å². The summed E-state index contributed by atoms with van der Waals surface area (Å²) in [5.74, 6) is 1.70. The van der Waals surface area contributed by atoms with Crippen molar-refractivity contribution >= 4 is 31.9 Å². The first-order valence-electron chi connectivity index (χ1n) is 4.57. The lowest BCUT2D eigenvalue weighted by Crippen LogP contribution is -1.76. The molecule has 86 valence electrons. The highest BCUT2D eigenvalue weighted by Gasteiger charge is 2.15. The van der Waals surface area contributed by atoms with Crippen molar-refractivity contribution in [1.29, 1.82) is 0 Å². The topological polar surface area (TPSA) is 65.2 Å². The van der Waals surface area contributed by atoms with Gasteiger partial charge >= 0.3 is 0 Å². The van der Waals surface area contributed by atoms with Crippen molar-refractivity contribution in [3.63, 3.8) is 0 Å². The van der Waals surface area contributed by atoms with Crippen LogP contribution in [-0.4, -0.2) is 10.1 Å². The van der Waals surface area contributed by atoms with Gasteiger partial charge in [0.15, 0.2) is 20.9 Å². The van der Waals surface area contributed by atoms with Crippen molar-refractivity contribution in [3.8, 4) is 23.2 Å². The van der Waals surface area contributed by atoms with Gasteiger partial charge in [0.2, 0.25) is 5.82 Å². The average molecular weight is 360 g/mol. The average Bonchev–Trinajstić information content (AvgIpc) is 2.96. The first-order chi connectivity index (χ1) is 8.22. The van der Waals surface area contributed by atoms with Crippen LogP contribution >= 0.6 is 31.9 Å². The van der Waals surface area contributed by atoms with E-state index in [0.717, 1.165) is 0 Å². The number of halogens is 2. The zero-order valence-corrected chi connectivity index (χ0v) is 11.4. The molecule has 7 heteroatoms. The van der Waals surface area contributed by atoms with Gasteiger partial charge in [-0.05, 0) is 56.1 Å². The van der Waals surface area contributed by atoms with Crippen LogP contribution in [0, 0.1) is 0 Å². The van der Waals surface area contributed by atoms with Gasteiger partial charge in [-0.3, -0.25) is 0 Å². The van der Waals surface area contributed by atoms with Crippen molar-refractivity contribution in [2.75, 3.05) is 0 Å².